The van der Waals surface area contributed by atoms with Crippen molar-refractivity contribution in [2.45, 2.75) is 13.3 Å². The summed E-state index contributed by atoms with van der Waals surface area (Å²) < 4.78 is 10.7. The number of carbonyl (C=O) groups excluding carboxylic acids is 2. The molecule has 2 N–H and O–H groups in total. The van der Waals surface area contributed by atoms with Crippen molar-refractivity contribution >= 4 is 40.8 Å². The lowest BCUT2D eigenvalue weighted by atomic mass is 10.3. The third-order valence-corrected chi connectivity index (χ3v) is 4.79. The molecule has 0 radical (unpaired) electrons. The van der Waals surface area contributed by atoms with Gasteiger partial charge in [0.25, 0.3) is 0 Å². The highest BCUT2D eigenvalue weighted by Crippen LogP contribution is 2.29. The highest BCUT2D eigenvalue weighted by molar-refractivity contribution is 6.39. The number of para-hydroxylation sites is 1. The molecule has 2 aromatic rings. The number of carbonyl (C=O) groups is 2. The molecule has 2 aromatic carbocycles. The number of urea groups is 1. The van der Waals surface area contributed by atoms with Crippen LogP contribution in [0.2, 0.25) is 10.0 Å². The minimum Gasteiger partial charge on any atom is -0.497 e. The van der Waals surface area contributed by atoms with Crippen molar-refractivity contribution in [2.24, 2.45) is 0 Å². The number of ether oxygens (including phenoxy) is 2. The Balaban J connectivity index is 1.72. The van der Waals surface area contributed by atoms with Gasteiger partial charge in [-0.3, -0.25) is 4.79 Å². The summed E-state index contributed by atoms with van der Waals surface area (Å²) in [7, 11) is 1.60. The van der Waals surface area contributed by atoms with Crippen LogP contribution in [0.4, 0.5) is 10.5 Å². The lowest BCUT2D eigenvalue weighted by Crippen LogP contribution is -2.44. The van der Waals surface area contributed by atoms with E-state index < -0.39 is 0 Å². The van der Waals surface area contributed by atoms with E-state index >= 15 is 0 Å². The zero-order valence-corrected chi connectivity index (χ0v) is 18.4. The fourth-order valence-electron chi connectivity index (χ4n) is 2.54. The van der Waals surface area contributed by atoms with Gasteiger partial charge in [-0.25, -0.2) is 4.79 Å². The largest absolute Gasteiger partial charge is 0.497 e. The first-order chi connectivity index (χ1) is 14.4. The Bertz CT molecular complexity index is 826. The monoisotopic (exact) mass is 453 g/mol. The van der Waals surface area contributed by atoms with Crippen LogP contribution >= 0.6 is 23.2 Å². The Hall–Kier alpha value is -2.64. The quantitative estimate of drug-likeness (QED) is 0.521. The van der Waals surface area contributed by atoms with Crippen molar-refractivity contribution in [2.75, 3.05) is 38.7 Å². The van der Waals surface area contributed by atoms with Crippen molar-refractivity contribution < 1.29 is 19.1 Å². The SMILES string of the molecule is CCN(CC(=O)Nc1c(Cl)cccc1Cl)C(=O)NCCCOc1ccc(OC)cc1. The van der Waals surface area contributed by atoms with E-state index in [1.807, 2.05) is 24.3 Å². The number of nitrogens with zero attached hydrogens (tertiary/aromatic N) is 1. The average Bonchev–Trinajstić information content (AvgIpc) is 2.74. The molecule has 0 fully saturated rings. The van der Waals surface area contributed by atoms with Gasteiger partial charge >= 0.3 is 6.03 Å². The average molecular weight is 454 g/mol. The predicted molar refractivity (Wildman–Crippen MR) is 119 cm³/mol. The van der Waals surface area contributed by atoms with Crippen LogP contribution in [0.25, 0.3) is 0 Å². The number of hydrogen-bond acceptors (Lipinski definition) is 4. The summed E-state index contributed by atoms with van der Waals surface area (Å²) in [5, 5.41) is 6.10. The smallest absolute Gasteiger partial charge is 0.317 e. The lowest BCUT2D eigenvalue weighted by molar-refractivity contribution is -0.116. The van der Waals surface area contributed by atoms with Crippen molar-refractivity contribution in [3.05, 3.63) is 52.5 Å². The van der Waals surface area contributed by atoms with E-state index in [0.717, 1.165) is 11.5 Å². The molecular formula is C21H25Cl2N3O4. The van der Waals surface area contributed by atoms with Crippen molar-refractivity contribution in [3.8, 4) is 11.5 Å². The van der Waals surface area contributed by atoms with Gasteiger partial charge in [0.2, 0.25) is 5.91 Å². The molecule has 30 heavy (non-hydrogen) atoms. The van der Waals surface area contributed by atoms with E-state index in [-0.39, 0.29) is 18.5 Å². The second-order valence-electron chi connectivity index (χ2n) is 6.27. The number of likely N-dealkylation sites (N-methyl/N-ethyl adjacent to an activating group) is 1. The van der Waals surface area contributed by atoms with Gasteiger partial charge in [0, 0.05) is 13.1 Å². The molecule has 2 rings (SSSR count). The molecule has 0 saturated heterocycles. The highest BCUT2D eigenvalue weighted by atomic mass is 35.5. The van der Waals surface area contributed by atoms with Crippen LogP contribution < -0.4 is 20.1 Å². The lowest BCUT2D eigenvalue weighted by Gasteiger charge is -2.21. The normalized spacial score (nSPS) is 10.3. The van der Waals surface area contributed by atoms with Crippen LogP contribution in [0.1, 0.15) is 13.3 Å². The van der Waals surface area contributed by atoms with Gasteiger partial charge in [0.15, 0.2) is 0 Å². The van der Waals surface area contributed by atoms with E-state index in [1.165, 1.54) is 4.90 Å². The molecule has 0 aliphatic rings. The van der Waals surface area contributed by atoms with Crippen LogP contribution in [0.3, 0.4) is 0 Å². The highest BCUT2D eigenvalue weighted by Gasteiger charge is 2.17. The van der Waals surface area contributed by atoms with E-state index in [9.17, 15) is 9.59 Å². The fraction of sp³-hybridized carbons (Fsp3) is 0.333. The van der Waals surface area contributed by atoms with Crippen LogP contribution in [0, 0.1) is 0 Å². The summed E-state index contributed by atoms with van der Waals surface area (Å²) in [6.07, 6.45) is 0.622. The molecule has 0 bridgehead atoms. The number of hydrogen-bond donors (Lipinski definition) is 2. The van der Waals surface area contributed by atoms with Crippen molar-refractivity contribution in [1.82, 2.24) is 10.2 Å². The van der Waals surface area contributed by atoms with Gasteiger partial charge in [-0.05, 0) is 49.7 Å². The van der Waals surface area contributed by atoms with Crippen LogP contribution in [-0.4, -0.2) is 50.2 Å². The molecule has 0 aliphatic carbocycles. The molecule has 0 heterocycles. The number of methoxy groups -OCH3 is 1. The van der Waals surface area contributed by atoms with Gasteiger partial charge in [-0.15, -0.1) is 0 Å². The number of benzene rings is 2. The number of rotatable bonds is 10. The molecule has 0 aliphatic heterocycles. The van der Waals surface area contributed by atoms with Crippen LogP contribution in [0.15, 0.2) is 42.5 Å². The summed E-state index contributed by atoms with van der Waals surface area (Å²) in [6, 6.07) is 11.9. The van der Waals surface area contributed by atoms with Gasteiger partial charge in [0.05, 0.1) is 29.4 Å². The Kier molecular flexibility index (Phi) is 9.57. The number of halogens is 2. The summed E-state index contributed by atoms with van der Waals surface area (Å²) in [5.41, 5.74) is 0.331. The third kappa shape index (κ3) is 7.31. The van der Waals surface area contributed by atoms with Crippen LogP contribution in [0.5, 0.6) is 11.5 Å². The molecule has 0 unspecified atom stereocenters. The Morgan fingerprint density at radius 1 is 1.03 bits per heavy atom. The molecule has 0 spiro atoms. The number of amides is 3. The van der Waals surface area contributed by atoms with E-state index in [2.05, 4.69) is 10.6 Å². The Morgan fingerprint density at radius 3 is 2.27 bits per heavy atom. The predicted octanol–water partition coefficient (Wildman–Crippen LogP) is 4.44. The topological polar surface area (TPSA) is 79.9 Å². The zero-order valence-electron chi connectivity index (χ0n) is 16.9. The minimum absolute atomic E-state index is 0.119. The molecular weight excluding hydrogens is 429 g/mol. The second-order valence-corrected chi connectivity index (χ2v) is 7.08. The first-order valence-electron chi connectivity index (χ1n) is 9.48. The van der Waals surface area contributed by atoms with Gasteiger partial charge in [-0.1, -0.05) is 29.3 Å². The molecule has 7 nitrogen and oxygen atoms in total. The number of nitrogens with one attached hydrogen (secondary N) is 2. The van der Waals surface area contributed by atoms with Crippen molar-refractivity contribution in [3.63, 3.8) is 0 Å². The maximum atomic E-state index is 12.3. The maximum Gasteiger partial charge on any atom is 0.317 e. The van der Waals surface area contributed by atoms with Crippen LogP contribution in [-0.2, 0) is 4.79 Å². The van der Waals surface area contributed by atoms with Gasteiger partial charge in [0.1, 0.15) is 18.0 Å². The van der Waals surface area contributed by atoms with Gasteiger partial charge in [-0.2, -0.15) is 0 Å². The van der Waals surface area contributed by atoms with E-state index in [0.29, 0.717) is 41.8 Å². The van der Waals surface area contributed by atoms with E-state index in [4.69, 9.17) is 32.7 Å². The molecule has 0 atom stereocenters. The minimum atomic E-state index is -0.384. The molecule has 0 saturated carbocycles. The Morgan fingerprint density at radius 2 is 1.67 bits per heavy atom. The van der Waals surface area contributed by atoms with Gasteiger partial charge < -0.3 is 25.0 Å². The zero-order chi connectivity index (χ0) is 21.9. The summed E-state index contributed by atoms with van der Waals surface area (Å²) >= 11 is 12.1. The first-order valence-corrected chi connectivity index (χ1v) is 10.2. The molecule has 0 aromatic heterocycles. The first kappa shape index (κ1) is 23.6. The standard InChI is InChI=1S/C21H25Cl2N3O4/c1-3-26(14-19(27)25-20-17(22)6-4-7-18(20)23)21(28)24-12-5-13-30-16-10-8-15(29-2)9-11-16/h4,6-11H,3,5,12-14H2,1-2H3,(H,24,28)(H,25,27). The Labute approximate surface area is 186 Å². The third-order valence-electron chi connectivity index (χ3n) is 4.16. The molecule has 3 amide bonds. The van der Waals surface area contributed by atoms with E-state index in [1.54, 1.807) is 32.2 Å². The second kappa shape index (κ2) is 12.1. The summed E-state index contributed by atoms with van der Waals surface area (Å²) in [6.45, 7) is 2.92. The maximum absolute atomic E-state index is 12.3. The summed E-state index contributed by atoms with van der Waals surface area (Å²) in [5.74, 6) is 1.10. The summed E-state index contributed by atoms with van der Waals surface area (Å²) in [4.78, 5) is 26.0. The molecule has 9 heteroatoms. The molecule has 162 valence electrons. The van der Waals surface area contributed by atoms with Crippen molar-refractivity contribution in [1.29, 1.82) is 0 Å². The fourth-order valence-corrected chi connectivity index (χ4v) is 3.03. The number of anilines is 1.